The van der Waals surface area contributed by atoms with Crippen LogP contribution < -0.4 is 5.73 Å². The highest BCUT2D eigenvalue weighted by Gasteiger charge is 2.45. The van der Waals surface area contributed by atoms with Crippen molar-refractivity contribution in [1.29, 1.82) is 0 Å². The molecule has 2 heterocycles. The topological polar surface area (TPSA) is 78.1 Å². The number of nitrogens with zero attached hydrogens (tertiary/aromatic N) is 2. The van der Waals surface area contributed by atoms with Gasteiger partial charge in [0, 0.05) is 0 Å². The summed E-state index contributed by atoms with van der Waals surface area (Å²) in [7, 11) is 0. The third-order valence-corrected chi connectivity index (χ3v) is 2.86. The highest BCUT2D eigenvalue weighted by Crippen LogP contribution is 2.42. The maximum absolute atomic E-state index is 5.93. The summed E-state index contributed by atoms with van der Waals surface area (Å²) in [4.78, 5) is 4.21. The molecule has 2 aromatic heterocycles. The van der Waals surface area contributed by atoms with Gasteiger partial charge in [0.1, 0.15) is 0 Å². The highest BCUT2D eigenvalue weighted by molar-refractivity contribution is 9.10. The molecule has 6 heteroatoms. The molecule has 1 fully saturated rings. The second-order valence-electron chi connectivity index (χ2n) is 3.68. The van der Waals surface area contributed by atoms with Gasteiger partial charge in [-0.25, -0.2) is 0 Å². The predicted molar refractivity (Wildman–Crippen MR) is 54.8 cm³/mol. The number of hydrogen-bond acceptors (Lipinski definition) is 5. The van der Waals surface area contributed by atoms with E-state index in [9.17, 15) is 0 Å². The van der Waals surface area contributed by atoms with Gasteiger partial charge < -0.3 is 14.7 Å². The zero-order chi connectivity index (χ0) is 10.5. The van der Waals surface area contributed by atoms with Crippen LogP contribution in [0.1, 0.15) is 18.7 Å². The Morgan fingerprint density at radius 3 is 2.80 bits per heavy atom. The van der Waals surface area contributed by atoms with Crippen molar-refractivity contribution in [2.45, 2.75) is 18.4 Å². The van der Waals surface area contributed by atoms with Gasteiger partial charge in [-0.05, 0) is 40.9 Å². The molecule has 1 aliphatic carbocycles. The van der Waals surface area contributed by atoms with Crippen molar-refractivity contribution in [1.82, 2.24) is 10.1 Å². The summed E-state index contributed by atoms with van der Waals surface area (Å²) >= 11 is 3.21. The van der Waals surface area contributed by atoms with E-state index in [1.165, 1.54) is 0 Å². The maximum atomic E-state index is 5.93. The maximum Gasteiger partial charge on any atom is 0.247 e. The Labute approximate surface area is 93.8 Å². The van der Waals surface area contributed by atoms with E-state index in [0.717, 1.165) is 12.8 Å². The molecule has 5 nitrogen and oxygen atoms in total. The van der Waals surface area contributed by atoms with E-state index in [0.29, 0.717) is 22.1 Å². The van der Waals surface area contributed by atoms with Crippen LogP contribution >= 0.6 is 15.9 Å². The normalized spacial score (nSPS) is 18.0. The minimum Gasteiger partial charge on any atom is -0.446 e. The molecule has 78 valence electrons. The lowest BCUT2D eigenvalue weighted by Gasteiger charge is -1.97. The van der Waals surface area contributed by atoms with Gasteiger partial charge >= 0.3 is 0 Å². The molecule has 0 radical (unpaired) electrons. The molecule has 0 unspecified atom stereocenters. The zero-order valence-corrected chi connectivity index (χ0v) is 9.32. The Hall–Kier alpha value is -1.14. The van der Waals surface area contributed by atoms with Crippen molar-refractivity contribution in [2.75, 3.05) is 0 Å². The van der Waals surface area contributed by atoms with Crippen molar-refractivity contribution in [3.8, 4) is 11.6 Å². The summed E-state index contributed by atoms with van der Waals surface area (Å²) in [5, 5.41) is 3.83. The highest BCUT2D eigenvalue weighted by atomic mass is 79.9. The van der Waals surface area contributed by atoms with Gasteiger partial charge in [0.05, 0.1) is 5.54 Å². The Morgan fingerprint density at radius 2 is 2.20 bits per heavy atom. The van der Waals surface area contributed by atoms with E-state index >= 15 is 0 Å². The van der Waals surface area contributed by atoms with Gasteiger partial charge in [-0.15, -0.1) is 0 Å². The number of furan rings is 1. The van der Waals surface area contributed by atoms with E-state index in [2.05, 4.69) is 26.1 Å². The molecule has 0 aromatic carbocycles. The molecule has 3 rings (SSSR count). The molecule has 0 bridgehead atoms. The first-order chi connectivity index (χ1) is 7.17. The molecule has 0 spiro atoms. The molecule has 0 aliphatic heterocycles. The van der Waals surface area contributed by atoms with Gasteiger partial charge in [0.25, 0.3) is 0 Å². The van der Waals surface area contributed by atoms with E-state index in [4.69, 9.17) is 14.7 Å². The molecule has 2 N–H and O–H groups in total. The monoisotopic (exact) mass is 269 g/mol. The van der Waals surface area contributed by atoms with Gasteiger partial charge in [-0.2, -0.15) is 4.98 Å². The quantitative estimate of drug-likeness (QED) is 0.903. The number of rotatable bonds is 2. The summed E-state index contributed by atoms with van der Waals surface area (Å²) < 4.78 is 11.0. The minimum absolute atomic E-state index is 0.394. The Bertz CT molecular complexity index is 501. The second kappa shape index (κ2) is 2.93. The van der Waals surface area contributed by atoms with Crippen molar-refractivity contribution in [2.24, 2.45) is 5.73 Å². The van der Waals surface area contributed by atoms with Crippen molar-refractivity contribution >= 4 is 15.9 Å². The van der Waals surface area contributed by atoms with E-state index in [1.54, 1.807) is 12.1 Å². The molecule has 1 saturated carbocycles. The molecule has 2 aromatic rings. The fourth-order valence-electron chi connectivity index (χ4n) is 1.31. The van der Waals surface area contributed by atoms with Crippen LogP contribution in [-0.4, -0.2) is 10.1 Å². The predicted octanol–water partition coefficient (Wildman–Crippen LogP) is 2.04. The summed E-state index contributed by atoms with van der Waals surface area (Å²) in [5.74, 6) is 1.50. The van der Waals surface area contributed by atoms with Gasteiger partial charge in [0.2, 0.25) is 11.7 Å². The number of hydrogen-bond donors (Lipinski definition) is 1. The molecular formula is C9H8BrN3O2. The first-order valence-corrected chi connectivity index (χ1v) is 5.35. The van der Waals surface area contributed by atoms with Gasteiger partial charge in [0.15, 0.2) is 10.4 Å². The van der Waals surface area contributed by atoms with Crippen LogP contribution in [0.25, 0.3) is 11.6 Å². The summed E-state index contributed by atoms with van der Waals surface area (Å²) in [6.07, 6.45) is 1.80. The molecule has 1 aliphatic rings. The van der Waals surface area contributed by atoms with Gasteiger partial charge in [-0.3, -0.25) is 0 Å². The molecular weight excluding hydrogens is 262 g/mol. The Morgan fingerprint density at radius 1 is 1.40 bits per heavy atom. The second-order valence-corrected chi connectivity index (χ2v) is 4.46. The molecule has 0 amide bonds. The first-order valence-electron chi connectivity index (χ1n) is 4.56. The summed E-state index contributed by atoms with van der Waals surface area (Å²) in [5.41, 5.74) is 5.53. The molecule has 0 atom stereocenters. The SMILES string of the molecule is NC1(c2nc(-c3ccc(Br)o3)no2)CC1. The van der Waals surface area contributed by atoms with Crippen LogP contribution in [0.15, 0.2) is 25.7 Å². The fourth-order valence-corrected chi connectivity index (χ4v) is 1.62. The van der Waals surface area contributed by atoms with Crippen LogP contribution in [-0.2, 0) is 5.54 Å². The number of halogens is 1. The van der Waals surface area contributed by atoms with Gasteiger partial charge in [-0.1, -0.05) is 5.16 Å². The average molecular weight is 270 g/mol. The Kier molecular flexibility index (Phi) is 1.78. The minimum atomic E-state index is -0.394. The van der Waals surface area contributed by atoms with Crippen LogP contribution in [0.3, 0.4) is 0 Å². The summed E-state index contributed by atoms with van der Waals surface area (Å²) in [6.45, 7) is 0. The van der Waals surface area contributed by atoms with Crippen LogP contribution in [0.5, 0.6) is 0 Å². The van der Waals surface area contributed by atoms with Crippen molar-refractivity contribution < 1.29 is 8.94 Å². The smallest absolute Gasteiger partial charge is 0.247 e. The fraction of sp³-hybridized carbons (Fsp3) is 0.333. The Balaban J connectivity index is 1.97. The lowest BCUT2D eigenvalue weighted by atomic mass is 10.3. The molecule has 15 heavy (non-hydrogen) atoms. The van der Waals surface area contributed by atoms with Crippen LogP contribution in [0.4, 0.5) is 0 Å². The van der Waals surface area contributed by atoms with E-state index < -0.39 is 5.54 Å². The van der Waals surface area contributed by atoms with E-state index in [1.807, 2.05) is 0 Å². The van der Waals surface area contributed by atoms with Crippen LogP contribution in [0, 0.1) is 0 Å². The van der Waals surface area contributed by atoms with Crippen molar-refractivity contribution in [3.05, 3.63) is 22.7 Å². The lowest BCUT2D eigenvalue weighted by Crippen LogP contribution is -2.18. The molecule has 0 saturated heterocycles. The van der Waals surface area contributed by atoms with Crippen LogP contribution in [0.2, 0.25) is 0 Å². The summed E-state index contributed by atoms with van der Waals surface area (Å²) in [6, 6.07) is 3.55. The largest absolute Gasteiger partial charge is 0.446 e. The number of nitrogens with two attached hydrogens (primary N) is 1. The standard InChI is InChI=1S/C9H8BrN3O2/c10-6-2-1-5(14-6)7-12-8(15-13-7)9(11)3-4-9/h1-2H,3-4,11H2. The van der Waals surface area contributed by atoms with E-state index in [-0.39, 0.29) is 0 Å². The lowest BCUT2D eigenvalue weighted by molar-refractivity contribution is 0.347. The van der Waals surface area contributed by atoms with Crippen molar-refractivity contribution in [3.63, 3.8) is 0 Å². The first kappa shape index (κ1) is 9.11. The third kappa shape index (κ3) is 1.49. The third-order valence-electron chi connectivity index (χ3n) is 2.43. The average Bonchev–Trinajstić information content (AvgIpc) is 2.72. The number of aromatic nitrogens is 2. The zero-order valence-electron chi connectivity index (χ0n) is 7.74.